The Balaban J connectivity index is 2.81. The Bertz CT molecular complexity index is 506. The third kappa shape index (κ3) is 4.86. The lowest BCUT2D eigenvalue weighted by Gasteiger charge is -2.11. The zero-order valence-corrected chi connectivity index (χ0v) is 12.4. The fraction of sp³-hybridized carbons (Fsp3) is 0.583. The third-order valence-corrected chi connectivity index (χ3v) is 2.68. The lowest BCUT2D eigenvalue weighted by Crippen LogP contribution is -2.24. The summed E-state index contributed by atoms with van der Waals surface area (Å²) in [5.41, 5.74) is -0.205. The van der Waals surface area contributed by atoms with Crippen LogP contribution in [-0.4, -0.2) is 52.9 Å². The van der Waals surface area contributed by atoms with Crippen LogP contribution in [0.1, 0.15) is 19.8 Å². The highest BCUT2D eigenvalue weighted by Crippen LogP contribution is 2.28. The number of carbonyl (C=O) groups excluding carboxylic acids is 1. The predicted octanol–water partition coefficient (Wildman–Crippen LogP) is 1.10. The summed E-state index contributed by atoms with van der Waals surface area (Å²) in [6.07, 6.45) is 2.30. The molecule has 9 nitrogen and oxygen atoms in total. The van der Waals surface area contributed by atoms with E-state index in [0.29, 0.717) is 6.54 Å². The number of nitrogens with zero attached hydrogens (tertiary/aromatic N) is 4. The van der Waals surface area contributed by atoms with E-state index in [1.165, 1.54) is 11.2 Å². The monoisotopic (exact) mass is 296 g/mol. The molecule has 1 aromatic rings. The molecule has 21 heavy (non-hydrogen) atoms. The van der Waals surface area contributed by atoms with Crippen molar-refractivity contribution in [1.29, 1.82) is 0 Å². The van der Waals surface area contributed by atoms with E-state index in [1.807, 2.05) is 6.92 Å². The van der Waals surface area contributed by atoms with Gasteiger partial charge in [-0.15, -0.1) is 0 Å². The van der Waals surface area contributed by atoms with Crippen LogP contribution in [0.15, 0.2) is 6.33 Å². The van der Waals surface area contributed by atoms with Crippen LogP contribution in [0.4, 0.5) is 17.3 Å². The fourth-order valence-corrected chi connectivity index (χ4v) is 1.57. The molecule has 0 fully saturated rings. The molecule has 0 atom stereocenters. The average Bonchev–Trinajstić information content (AvgIpc) is 2.44. The van der Waals surface area contributed by atoms with E-state index in [-0.39, 0.29) is 36.2 Å². The van der Waals surface area contributed by atoms with Gasteiger partial charge in [-0.3, -0.25) is 14.9 Å². The van der Waals surface area contributed by atoms with Crippen molar-refractivity contribution in [1.82, 2.24) is 14.9 Å². The summed E-state index contributed by atoms with van der Waals surface area (Å²) in [5, 5.41) is 16.9. The smallest absolute Gasteiger partial charge is 0.353 e. The maximum Gasteiger partial charge on any atom is 0.353 e. The first-order valence-corrected chi connectivity index (χ1v) is 6.64. The van der Waals surface area contributed by atoms with E-state index in [9.17, 15) is 14.9 Å². The van der Waals surface area contributed by atoms with E-state index in [0.717, 1.165) is 6.42 Å². The number of aromatic nitrogens is 2. The first kappa shape index (κ1) is 16.6. The van der Waals surface area contributed by atoms with Gasteiger partial charge in [-0.25, -0.2) is 9.97 Å². The van der Waals surface area contributed by atoms with Gasteiger partial charge >= 0.3 is 5.69 Å². The van der Waals surface area contributed by atoms with Gasteiger partial charge in [0.05, 0.1) is 4.92 Å². The van der Waals surface area contributed by atoms with Gasteiger partial charge in [0.25, 0.3) is 0 Å². The summed E-state index contributed by atoms with van der Waals surface area (Å²) in [6, 6.07) is 0. The Morgan fingerprint density at radius 3 is 2.33 bits per heavy atom. The second-order valence-corrected chi connectivity index (χ2v) is 4.57. The molecule has 1 rings (SSSR count). The SMILES string of the molecule is CCCNc1ncnc(NCCC(=O)N(C)C)c1[N+](=O)[O-]. The highest BCUT2D eigenvalue weighted by Gasteiger charge is 2.22. The molecule has 0 aliphatic carbocycles. The van der Waals surface area contributed by atoms with Crippen molar-refractivity contribution in [3.05, 3.63) is 16.4 Å². The minimum atomic E-state index is -0.534. The molecule has 0 saturated carbocycles. The van der Waals surface area contributed by atoms with Gasteiger partial charge in [-0.05, 0) is 6.42 Å². The van der Waals surface area contributed by atoms with Crippen molar-refractivity contribution in [3.8, 4) is 0 Å². The number of nitro groups is 1. The molecule has 0 unspecified atom stereocenters. The maximum absolute atomic E-state index is 11.5. The van der Waals surface area contributed by atoms with Crippen LogP contribution < -0.4 is 10.6 Å². The molecule has 0 bridgehead atoms. The fourth-order valence-electron chi connectivity index (χ4n) is 1.57. The standard InChI is InChI=1S/C12H20N6O3/c1-4-6-13-11-10(18(20)21)12(16-8-15-11)14-7-5-9(19)17(2)3/h8H,4-7H2,1-3H3,(H2,13,14,15,16). The number of hydrogen-bond acceptors (Lipinski definition) is 7. The molecule has 0 spiro atoms. The average molecular weight is 296 g/mol. The van der Waals surface area contributed by atoms with Crippen LogP contribution in [0, 0.1) is 10.1 Å². The number of hydrogen-bond donors (Lipinski definition) is 2. The van der Waals surface area contributed by atoms with Crippen molar-refractivity contribution in [2.24, 2.45) is 0 Å². The minimum Gasteiger partial charge on any atom is -0.364 e. The highest BCUT2D eigenvalue weighted by atomic mass is 16.6. The number of carbonyl (C=O) groups is 1. The van der Waals surface area contributed by atoms with Crippen LogP contribution in [0.3, 0.4) is 0 Å². The molecule has 0 radical (unpaired) electrons. The minimum absolute atomic E-state index is 0.0662. The largest absolute Gasteiger partial charge is 0.364 e. The van der Waals surface area contributed by atoms with Crippen LogP contribution in [-0.2, 0) is 4.79 Å². The van der Waals surface area contributed by atoms with E-state index in [2.05, 4.69) is 20.6 Å². The molecule has 1 heterocycles. The number of amides is 1. The molecule has 1 aromatic heterocycles. The predicted molar refractivity (Wildman–Crippen MR) is 79.3 cm³/mol. The first-order valence-electron chi connectivity index (χ1n) is 6.64. The first-order chi connectivity index (χ1) is 9.97. The quantitative estimate of drug-likeness (QED) is 0.545. The Morgan fingerprint density at radius 1 is 1.29 bits per heavy atom. The second kappa shape index (κ2) is 7.98. The van der Waals surface area contributed by atoms with Crippen molar-refractivity contribution >= 4 is 23.2 Å². The van der Waals surface area contributed by atoms with Crippen molar-refractivity contribution in [2.45, 2.75) is 19.8 Å². The maximum atomic E-state index is 11.5. The van der Waals surface area contributed by atoms with Crippen LogP contribution >= 0.6 is 0 Å². The molecule has 0 saturated heterocycles. The van der Waals surface area contributed by atoms with Gasteiger partial charge in [0, 0.05) is 33.6 Å². The van der Waals surface area contributed by atoms with E-state index in [4.69, 9.17) is 0 Å². The zero-order valence-electron chi connectivity index (χ0n) is 12.4. The third-order valence-electron chi connectivity index (χ3n) is 2.68. The van der Waals surface area contributed by atoms with Gasteiger partial charge in [-0.2, -0.15) is 0 Å². The van der Waals surface area contributed by atoms with Crippen LogP contribution in [0.2, 0.25) is 0 Å². The van der Waals surface area contributed by atoms with Gasteiger partial charge in [0.1, 0.15) is 6.33 Å². The molecule has 2 N–H and O–H groups in total. The van der Waals surface area contributed by atoms with Crippen molar-refractivity contribution in [2.75, 3.05) is 37.8 Å². The van der Waals surface area contributed by atoms with Gasteiger partial charge in [-0.1, -0.05) is 6.92 Å². The van der Waals surface area contributed by atoms with E-state index >= 15 is 0 Å². The van der Waals surface area contributed by atoms with E-state index < -0.39 is 4.92 Å². The summed E-state index contributed by atoms with van der Waals surface area (Å²) in [4.78, 5) is 31.3. The summed E-state index contributed by atoms with van der Waals surface area (Å²) < 4.78 is 0. The van der Waals surface area contributed by atoms with Gasteiger partial charge in [0.15, 0.2) is 0 Å². The zero-order chi connectivity index (χ0) is 15.8. The van der Waals surface area contributed by atoms with Gasteiger partial charge in [0.2, 0.25) is 17.5 Å². The second-order valence-electron chi connectivity index (χ2n) is 4.57. The van der Waals surface area contributed by atoms with Crippen LogP contribution in [0.5, 0.6) is 0 Å². The Morgan fingerprint density at radius 2 is 1.86 bits per heavy atom. The van der Waals surface area contributed by atoms with Crippen molar-refractivity contribution in [3.63, 3.8) is 0 Å². The molecular formula is C12H20N6O3. The van der Waals surface area contributed by atoms with Crippen LogP contribution in [0.25, 0.3) is 0 Å². The molecule has 0 aliphatic heterocycles. The summed E-state index contributed by atoms with van der Waals surface area (Å²) in [7, 11) is 3.31. The molecule has 0 aliphatic rings. The lowest BCUT2D eigenvalue weighted by atomic mass is 10.3. The molecular weight excluding hydrogens is 276 g/mol. The lowest BCUT2D eigenvalue weighted by molar-refractivity contribution is -0.383. The number of nitrogens with one attached hydrogen (secondary N) is 2. The molecule has 1 amide bonds. The summed E-state index contributed by atoms with van der Waals surface area (Å²) in [5.74, 6) is 0.224. The van der Waals surface area contributed by atoms with E-state index in [1.54, 1.807) is 14.1 Å². The Hall–Kier alpha value is -2.45. The Kier molecular flexibility index (Phi) is 6.31. The number of anilines is 2. The van der Waals surface area contributed by atoms with Gasteiger partial charge < -0.3 is 15.5 Å². The topological polar surface area (TPSA) is 113 Å². The molecule has 0 aromatic carbocycles. The molecule has 9 heteroatoms. The Labute approximate surface area is 122 Å². The number of rotatable bonds is 8. The molecule has 116 valence electrons. The summed E-state index contributed by atoms with van der Waals surface area (Å²) in [6.45, 7) is 2.80. The van der Waals surface area contributed by atoms with Crippen molar-refractivity contribution < 1.29 is 9.72 Å². The summed E-state index contributed by atoms with van der Waals surface area (Å²) >= 11 is 0. The normalized spacial score (nSPS) is 10.0. The highest BCUT2D eigenvalue weighted by molar-refractivity contribution is 5.76.